The van der Waals surface area contributed by atoms with E-state index in [0.29, 0.717) is 0 Å². The second-order valence-corrected chi connectivity index (χ2v) is 7.36. The van der Waals surface area contributed by atoms with E-state index in [1.165, 1.54) is 32.1 Å². The summed E-state index contributed by atoms with van der Waals surface area (Å²) >= 11 is 0. The molecule has 0 unspecified atom stereocenters. The molecule has 0 aliphatic carbocycles. The molecule has 0 bridgehead atoms. The lowest BCUT2D eigenvalue weighted by Gasteiger charge is -2.08. The average molecular weight is 433 g/mol. The Balaban J connectivity index is -0.000000729. The van der Waals surface area contributed by atoms with Gasteiger partial charge in [0, 0.05) is 0 Å². The van der Waals surface area contributed by atoms with Crippen LogP contribution in [0.4, 0.5) is 0 Å². The number of para-hydroxylation sites is 1. The maximum atomic E-state index is 10.8. The molecule has 10 nitrogen and oxygen atoms in total. The molecule has 0 fully saturated rings. The average Bonchev–Trinajstić information content (AvgIpc) is 2.44. The van der Waals surface area contributed by atoms with Crippen molar-refractivity contribution in [2.24, 2.45) is 0 Å². The minimum Gasteiger partial charge on any atom is -0.362 e. The minimum atomic E-state index is -4.67. The molecule has 0 amide bonds. The number of benzene rings is 1. The van der Waals surface area contributed by atoms with Crippen molar-refractivity contribution in [1.82, 2.24) is 12.3 Å². The standard InChI is InChI=1S/C15H24O4S.2H3N.H2O4S/c1-2-3-4-5-6-7-8-11-14-12-9-10-13-15(14)19-20(16,17)18;;;1-5(2,3)4/h9-10,12-13H,2-8,11H2,1H3,(H,16,17,18);2*1H3;(H2,1,2,3,4). The van der Waals surface area contributed by atoms with Gasteiger partial charge in [0.1, 0.15) is 5.75 Å². The zero-order chi connectivity index (χ0) is 19.3. The highest BCUT2D eigenvalue weighted by molar-refractivity contribution is 7.81. The lowest BCUT2D eigenvalue weighted by atomic mass is 10.0. The van der Waals surface area contributed by atoms with Gasteiger partial charge in [-0.15, -0.1) is 0 Å². The Labute approximate surface area is 162 Å². The largest absolute Gasteiger partial charge is 0.446 e. The molecule has 1 aromatic carbocycles. The molecule has 162 valence electrons. The molecular formula is C15H32N2O8S2. The van der Waals surface area contributed by atoms with Gasteiger partial charge >= 0.3 is 20.8 Å². The first-order valence-corrected chi connectivity index (χ1v) is 10.7. The van der Waals surface area contributed by atoms with Crippen LogP contribution in [-0.2, 0) is 27.2 Å². The van der Waals surface area contributed by atoms with Crippen LogP contribution >= 0.6 is 0 Å². The smallest absolute Gasteiger partial charge is 0.362 e. The van der Waals surface area contributed by atoms with E-state index in [4.69, 9.17) is 22.1 Å². The Morgan fingerprint density at radius 1 is 0.815 bits per heavy atom. The van der Waals surface area contributed by atoms with E-state index < -0.39 is 20.8 Å². The summed E-state index contributed by atoms with van der Waals surface area (Å²) < 4.78 is 66.4. The summed E-state index contributed by atoms with van der Waals surface area (Å²) in [4.78, 5) is 0. The molecule has 27 heavy (non-hydrogen) atoms. The summed E-state index contributed by atoms with van der Waals surface area (Å²) in [5.41, 5.74) is 0.818. The predicted octanol–water partition coefficient (Wildman–Crippen LogP) is 3.83. The van der Waals surface area contributed by atoms with E-state index >= 15 is 0 Å². The van der Waals surface area contributed by atoms with Crippen LogP contribution in [-0.4, -0.2) is 30.5 Å². The third kappa shape index (κ3) is 22.7. The van der Waals surface area contributed by atoms with Crippen molar-refractivity contribution in [3.8, 4) is 5.75 Å². The summed E-state index contributed by atoms with van der Waals surface area (Å²) in [6, 6.07) is 6.92. The highest BCUT2D eigenvalue weighted by atomic mass is 32.3. The van der Waals surface area contributed by atoms with E-state index in [0.717, 1.165) is 24.8 Å². The lowest BCUT2D eigenvalue weighted by molar-refractivity contribution is 0.379. The van der Waals surface area contributed by atoms with Crippen molar-refractivity contribution in [2.45, 2.75) is 58.3 Å². The quantitative estimate of drug-likeness (QED) is 0.266. The Bertz CT molecular complexity index is 686. The van der Waals surface area contributed by atoms with Crippen molar-refractivity contribution in [2.75, 3.05) is 0 Å². The normalized spacial score (nSPS) is 10.7. The molecule has 0 aliphatic heterocycles. The summed E-state index contributed by atoms with van der Waals surface area (Å²) in [7, 11) is -9.11. The SMILES string of the molecule is CCCCCCCCCc1ccccc1OS(=O)(=O)O.N.N.O=S(=O)(O)O. The Hall–Kier alpha value is -1.28. The van der Waals surface area contributed by atoms with Crippen LogP contribution in [0.2, 0.25) is 0 Å². The molecule has 0 radical (unpaired) electrons. The molecule has 0 saturated carbocycles. The fourth-order valence-corrected chi connectivity index (χ4v) is 2.57. The third-order valence-electron chi connectivity index (χ3n) is 3.22. The van der Waals surface area contributed by atoms with Crippen molar-refractivity contribution in [1.29, 1.82) is 0 Å². The molecule has 0 aromatic heterocycles. The molecule has 0 spiro atoms. The van der Waals surface area contributed by atoms with Crippen molar-refractivity contribution in [3.63, 3.8) is 0 Å². The molecule has 12 heteroatoms. The van der Waals surface area contributed by atoms with Crippen molar-refractivity contribution in [3.05, 3.63) is 29.8 Å². The zero-order valence-electron chi connectivity index (χ0n) is 15.6. The van der Waals surface area contributed by atoms with Gasteiger partial charge in [0.2, 0.25) is 0 Å². The second-order valence-electron chi connectivity index (χ2n) is 5.44. The summed E-state index contributed by atoms with van der Waals surface area (Å²) in [5, 5.41) is 0. The number of unbranched alkanes of at least 4 members (excludes halogenated alkanes) is 6. The highest BCUT2D eigenvalue weighted by Gasteiger charge is 2.10. The molecule has 9 N–H and O–H groups in total. The van der Waals surface area contributed by atoms with Crippen LogP contribution in [0.1, 0.15) is 57.4 Å². The Morgan fingerprint density at radius 3 is 1.74 bits per heavy atom. The first-order valence-electron chi connectivity index (χ1n) is 7.97. The first-order chi connectivity index (χ1) is 11.5. The molecule has 0 saturated heterocycles. The minimum absolute atomic E-state index is 0. The summed E-state index contributed by atoms with van der Waals surface area (Å²) in [5.74, 6) is 0.223. The highest BCUT2D eigenvalue weighted by Crippen LogP contribution is 2.22. The van der Waals surface area contributed by atoms with Crippen molar-refractivity contribution >= 4 is 20.8 Å². The van der Waals surface area contributed by atoms with Crippen LogP contribution in [0, 0.1) is 0 Å². The molecular weight excluding hydrogens is 400 g/mol. The number of rotatable bonds is 10. The maximum Gasteiger partial charge on any atom is 0.446 e. The van der Waals surface area contributed by atoms with Crippen LogP contribution in [0.5, 0.6) is 5.75 Å². The van der Waals surface area contributed by atoms with Gasteiger partial charge in [-0.25, -0.2) is 0 Å². The monoisotopic (exact) mass is 432 g/mol. The molecule has 0 atom stereocenters. The van der Waals surface area contributed by atoms with Gasteiger partial charge in [-0.05, 0) is 24.5 Å². The Kier molecular flexibility index (Phi) is 17.8. The van der Waals surface area contributed by atoms with Crippen LogP contribution in [0.25, 0.3) is 0 Å². The van der Waals surface area contributed by atoms with Gasteiger partial charge < -0.3 is 16.5 Å². The topological polar surface area (TPSA) is 208 Å². The summed E-state index contributed by atoms with van der Waals surface area (Å²) in [6.45, 7) is 2.20. The molecule has 1 aromatic rings. The third-order valence-corrected chi connectivity index (χ3v) is 3.61. The molecule has 0 aliphatic rings. The van der Waals surface area contributed by atoms with Gasteiger partial charge in [0.15, 0.2) is 0 Å². The Morgan fingerprint density at radius 2 is 1.26 bits per heavy atom. The van der Waals surface area contributed by atoms with Gasteiger partial charge in [0.25, 0.3) is 0 Å². The fraction of sp³-hybridized carbons (Fsp3) is 0.600. The molecule has 1 rings (SSSR count). The number of aryl methyl sites for hydroxylation is 1. The van der Waals surface area contributed by atoms with Crippen LogP contribution in [0.3, 0.4) is 0 Å². The first kappa shape index (κ1) is 30.4. The van der Waals surface area contributed by atoms with Gasteiger partial charge in [-0.3, -0.25) is 13.7 Å². The van der Waals surface area contributed by atoms with Crippen LogP contribution in [0.15, 0.2) is 24.3 Å². The molecule has 0 heterocycles. The van der Waals surface area contributed by atoms with E-state index in [2.05, 4.69) is 11.1 Å². The maximum absolute atomic E-state index is 10.8. The van der Waals surface area contributed by atoms with E-state index in [-0.39, 0.29) is 18.1 Å². The second kappa shape index (κ2) is 15.7. The van der Waals surface area contributed by atoms with E-state index in [1.807, 2.05) is 12.1 Å². The van der Waals surface area contributed by atoms with E-state index in [1.54, 1.807) is 12.1 Å². The van der Waals surface area contributed by atoms with Crippen molar-refractivity contribution < 1.29 is 34.7 Å². The van der Waals surface area contributed by atoms with Gasteiger partial charge in [-0.1, -0.05) is 63.6 Å². The van der Waals surface area contributed by atoms with E-state index in [9.17, 15) is 8.42 Å². The van der Waals surface area contributed by atoms with Gasteiger partial charge in [0.05, 0.1) is 0 Å². The number of hydrogen-bond acceptors (Lipinski definition) is 7. The fourth-order valence-electron chi connectivity index (χ4n) is 2.18. The van der Waals surface area contributed by atoms with Gasteiger partial charge in [-0.2, -0.15) is 16.8 Å². The predicted molar refractivity (Wildman–Crippen MR) is 105 cm³/mol. The van der Waals surface area contributed by atoms with Crippen LogP contribution < -0.4 is 16.5 Å². The summed E-state index contributed by atoms with van der Waals surface area (Å²) in [6.07, 6.45) is 9.20. The number of hydrogen-bond donors (Lipinski definition) is 5. The zero-order valence-corrected chi connectivity index (χ0v) is 17.2. The lowest BCUT2D eigenvalue weighted by Crippen LogP contribution is -2.08.